The first-order valence-electron chi connectivity index (χ1n) is 8.51. The van der Waals surface area contributed by atoms with Gasteiger partial charge in [0, 0.05) is 29.2 Å². The number of methoxy groups -OCH3 is 1. The van der Waals surface area contributed by atoms with E-state index in [-0.39, 0.29) is 10.4 Å². The lowest BCUT2D eigenvalue weighted by molar-refractivity contribution is -0.137. The Kier molecular flexibility index (Phi) is 6.78. The highest BCUT2D eigenvalue weighted by Gasteiger charge is 2.35. The molecular weight excluding hydrogens is 413 g/mol. The zero-order chi connectivity index (χ0) is 21.3. The van der Waals surface area contributed by atoms with Gasteiger partial charge in [-0.2, -0.15) is 18.2 Å². The number of ether oxygens (including phenoxy) is 1. The Labute approximate surface area is 170 Å². The van der Waals surface area contributed by atoms with Crippen LogP contribution in [-0.4, -0.2) is 24.2 Å². The second-order valence-electron chi connectivity index (χ2n) is 7.30. The van der Waals surface area contributed by atoms with Crippen LogP contribution >= 0.6 is 22.9 Å². The summed E-state index contributed by atoms with van der Waals surface area (Å²) in [6.45, 7) is 8.79. The molecule has 0 aliphatic rings. The number of halogens is 4. The summed E-state index contributed by atoms with van der Waals surface area (Å²) in [4.78, 5) is 18.0. The van der Waals surface area contributed by atoms with Gasteiger partial charge in [0.15, 0.2) is 4.80 Å². The van der Waals surface area contributed by atoms with Crippen LogP contribution in [0.2, 0.25) is 5.02 Å². The van der Waals surface area contributed by atoms with E-state index in [0.717, 1.165) is 28.8 Å². The van der Waals surface area contributed by atoms with E-state index in [4.69, 9.17) is 16.3 Å². The Balaban J connectivity index is 2.65. The van der Waals surface area contributed by atoms with Crippen molar-refractivity contribution in [2.24, 2.45) is 4.99 Å². The highest BCUT2D eigenvalue weighted by molar-refractivity contribution is 7.09. The molecule has 0 N–H and O–H groups in total. The van der Waals surface area contributed by atoms with Gasteiger partial charge in [-0.15, -0.1) is 11.3 Å². The number of alkyl halides is 3. The van der Waals surface area contributed by atoms with E-state index >= 15 is 0 Å². The normalized spacial score (nSPS) is 13.2. The lowest BCUT2D eigenvalue weighted by Crippen LogP contribution is -2.22. The van der Waals surface area contributed by atoms with Crippen LogP contribution < -0.4 is 4.80 Å². The molecule has 0 saturated carbocycles. The number of nitrogens with zero attached hydrogens (tertiary/aromatic N) is 2. The number of benzene rings is 1. The number of carbonyl (C=O) groups is 1. The molecule has 0 atom stereocenters. The first-order valence-corrected chi connectivity index (χ1v) is 9.71. The molecule has 154 valence electrons. The minimum atomic E-state index is -4.68. The SMILES string of the molecule is COCCn1c(C)c(C(C)(C)C)s/c1=N\C(=O)c1cc(Cl)ccc1C(F)(F)F. The number of hydrogen-bond acceptors (Lipinski definition) is 3. The van der Waals surface area contributed by atoms with Crippen LogP contribution in [0, 0.1) is 6.92 Å². The van der Waals surface area contributed by atoms with Crippen molar-refractivity contribution in [1.82, 2.24) is 4.57 Å². The van der Waals surface area contributed by atoms with E-state index in [9.17, 15) is 18.0 Å². The summed E-state index contributed by atoms with van der Waals surface area (Å²) >= 11 is 7.11. The predicted octanol–water partition coefficient (Wildman–Crippen LogP) is 5.22. The molecule has 2 aromatic rings. The van der Waals surface area contributed by atoms with Gasteiger partial charge in [0.25, 0.3) is 5.91 Å². The van der Waals surface area contributed by atoms with Gasteiger partial charge in [0.2, 0.25) is 0 Å². The maximum Gasteiger partial charge on any atom is 0.417 e. The summed E-state index contributed by atoms with van der Waals surface area (Å²) in [7, 11) is 1.55. The van der Waals surface area contributed by atoms with Crippen LogP contribution in [0.15, 0.2) is 23.2 Å². The maximum atomic E-state index is 13.3. The molecule has 1 aromatic carbocycles. The number of amides is 1. The van der Waals surface area contributed by atoms with Crippen LogP contribution in [0.25, 0.3) is 0 Å². The lowest BCUT2D eigenvalue weighted by Gasteiger charge is -2.17. The minimum Gasteiger partial charge on any atom is -0.383 e. The van der Waals surface area contributed by atoms with Crippen LogP contribution in [0.5, 0.6) is 0 Å². The van der Waals surface area contributed by atoms with Crippen molar-refractivity contribution in [2.75, 3.05) is 13.7 Å². The third-order valence-corrected chi connectivity index (χ3v) is 5.91. The quantitative estimate of drug-likeness (QED) is 0.662. The summed E-state index contributed by atoms with van der Waals surface area (Å²) in [5.74, 6) is -0.984. The Morgan fingerprint density at radius 1 is 1.29 bits per heavy atom. The van der Waals surface area contributed by atoms with Gasteiger partial charge < -0.3 is 9.30 Å². The second-order valence-corrected chi connectivity index (χ2v) is 8.71. The standard InChI is InChI=1S/C19H22ClF3N2O2S/c1-11-15(18(2,3)4)28-17(25(11)8-9-27-5)24-16(26)13-10-12(20)6-7-14(13)19(21,22)23/h6-7,10H,8-9H2,1-5H3/b24-17-. The first-order chi connectivity index (χ1) is 12.9. The summed E-state index contributed by atoms with van der Waals surface area (Å²) in [5, 5.41) is 0.0385. The third-order valence-electron chi connectivity index (χ3n) is 4.07. The lowest BCUT2D eigenvalue weighted by atomic mass is 9.93. The summed E-state index contributed by atoms with van der Waals surface area (Å²) < 4.78 is 46.8. The smallest absolute Gasteiger partial charge is 0.383 e. The van der Waals surface area contributed by atoms with Gasteiger partial charge in [-0.25, -0.2) is 0 Å². The molecule has 0 radical (unpaired) electrons. The summed E-state index contributed by atoms with van der Waals surface area (Å²) in [6, 6.07) is 2.90. The Hall–Kier alpha value is -1.64. The third kappa shape index (κ3) is 5.04. The molecule has 0 aliphatic carbocycles. The van der Waals surface area contributed by atoms with Gasteiger partial charge in [0.1, 0.15) is 0 Å². The highest BCUT2D eigenvalue weighted by atomic mass is 35.5. The molecule has 0 fully saturated rings. The number of aromatic nitrogens is 1. The van der Waals surface area contributed by atoms with E-state index in [0.29, 0.717) is 18.0 Å². The van der Waals surface area contributed by atoms with Crippen molar-refractivity contribution in [2.45, 2.75) is 45.8 Å². The molecule has 0 bridgehead atoms. The van der Waals surface area contributed by atoms with Gasteiger partial charge in [-0.05, 0) is 30.5 Å². The zero-order valence-electron chi connectivity index (χ0n) is 16.3. The fraction of sp³-hybridized carbons (Fsp3) is 0.474. The molecule has 4 nitrogen and oxygen atoms in total. The van der Waals surface area contributed by atoms with Crippen LogP contribution in [-0.2, 0) is 22.9 Å². The van der Waals surface area contributed by atoms with Crippen molar-refractivity contribution in [3.05, 3.63) is 49.7 Å². The second kappa shape index (κ2) is 8.39. The van der Waals surface area contributed by atoms with Crippen molar-refractivity contribution in [3.63, 3.8) is 0 Å². The van der Waals surface area contributed by atoms with E-state index in [1.165, 1.54) is 11.3 Å². The predicted molar refractivity (Wildman–Crippen MR) is 104 cm³/mol. The minimum absolute atomic E-state index is 0.0385. The number of rotatable bonds is 4. The molecule has 1 aromatic heterocycles. The average molecular weight is 435 g/mol. The first kappa shape index (κ1) is 22.6. The fourth-order valence-corrected chi connectivity index (χ4v) is 4.18. The number of thiazole rings is 1. The molecule has 0 saturated heterocycles. The van der Waals surface area contributed by atoms with Crippen LogP contribution in [0.3, 0.4) is 0 Å². The molecule has 1 amide bonds. The van der Waals surface area contributed by atoms with E-state index in [1.807, 2.05) is 27.7 Å². The van der Waals surface area contributed by atoms with E-state index in [2.05, 4.69) is 4.99 Å². The molecule has 0 spiro atoms. The molecule has 0 aliphatic heterocycles. The number of carbonyl (C=O) groups excluding carboxylic acids is 1. The van der Waals surface area contributed by atoms with Crippen molar-refractivity contribution in [1.29, 1.82) is 0 Å². The van der Waals surface area contributed by atoms with Gasteiger partial charge in [-0.3, -0.25) is 4.79 Å². The Morgan fingerprint density at radius 2 is 1.93 bits per heavy atom. The fourth-order valence-electron chi connectivity index (χ4n) is 2.80. The molecule has 2 rings (SSSR count). The molecule has 1 heterocycles. The summed E-state index contributed by atoms with van der Waals surface area (Å²) in [5.41, 5.74) is -0.920. The van der Waals surface area contributed by atoms with Crippen molar-refractivity contribution in [3.8, 4) is 0 Å². The molecular formula is C19H22ClF3N2O2S. The Morgan fingerprint density at radius 3 is 2.46 bits per heavy atom. The van der Waals surface area contributed by atoms with E-state index in [1.54, 1.807) is 11.7 Å². The van der Waals surface area contributed by atoms with Gasteiger partial charge in [0.05, 0.1) is 17.7 Å². The summed E-state index contributed by atoms with van der Waals surface area (Å²) in [6.07, 6.45) is -4.68. The highest BCUT2D eigenvalue weighted by Crippen LogP contribution is 2.34. The van der Waals surface area contributed by atoms with Crippen LogP contribution in [0.4, 0.5) is 13.2 Å². The van der Waals surface area contributed by atoms with Crippen molar-refractivity contribution < 1.29 is 22.7 Å². The average Bonchev–Trinajstić information content (AvgIpc) is 2.87. The topological polar surface area (TPSA) is 43.6 Å². The van der Waals surface area contributed by atoms with Crippen molar-refractivity contribution >= 4 is 28.8 Å². The largest absolute Gasteiger partial charge is 0.417 e. The van der Waals surface area contributed by atoms with Crippen LogP contribution in [0.1, 0.15) is 47.3 Å². The monoisotopic (exact) mass is 434 g/mol. The maximum absolute atomic E-state index is 13.3. The molecule has 9 heteroatoms. The van der Waals surface area contributed by atoms with E-state index < -0.39 is 23.2 Å². The molecule has 0 unspecified atom stereocenters. The number of hydrogen-bond donors (Lipinski definition) is 0. The Bertz CT molecular complexity index is 940. The van der Waals surface area contributed by atoms with Gasteiger partial charge >= 0.3 is 6.18 Å². The zero-order valence-corrected chi connectivity index (χ0v) is 17.8. The van der Waals surface area contributed by atoms with Gasteiger partial charge in [-0.1, -0.05) is 32.4 Å². The molecule has 28 heavy (non-hydrogen) atoms.